The van der Waals surface area contributed by atoms with Crippen LogP contribution in [0.3, 0.4) is 0 Å². The summed E-state index contributed by atoms with van der Waals surface area (Å²) in [5.74, 6) is -0.109. The van der Waals surface area contributed by atoms with Crippen molar-refractivity contribution in [3.63, 3.8) is 0 Å². The number of ether oxygens (including phenoxy) is 1. The van der Waals surface area contributed by atoms with Gasteiger partial charge in [0.1, 0.15) is 5.75 Å². The second kappa shape index (κ2) is 8.94. The van der Waals surface area contributed by atoms with Crippen molar-refractivity contribution in [3.8, 4) is 5.75 Å². The van der Waals surface area contributed by atoms with E-state index in [2.05, 4.69) is 10.1 Å². The Morgan fingerprint density at radius 3 is 2.79 bits per heavy atom. The summed E-state index contributed by atoms with van der Waals surface area (Å²) in [5, 5.41) is 3.08. The zero-order valence-corrected chi connectivity index (χ0v) is 14.0. The van der Waals surface area contributed by atoms with Gasteiger partial charge in [0, 0.05) is 24.7 Å². The number of carbonyl (C=O) groups is 1. The number of hydrogen-bond acceptors (Lipinski definition) is 3. The maximum atomic E-state index is 12.4. The first-order chi connectivity index (χ1) is 10.9. The molecular weight excluding hydrogens is 345 g/mol. The first-order valence-electron chi connectivity index (χ1n) is 7.35. The molecule has 0 aliphatic carbocycles. The number of hydrogen-bond donors (Lipinski definition) is 1. The number of nitrogens with zero attached hydrogens (tertiary/aromatic N) is 1. The lowest BCUT2D eigenvalue weighted by molar-refractivity contribution is -0.274. The van der Waals surface area contributed by atoms with Gasteiger partial charge in [-0.15, -0.1) is 25.6 Å². The molecule has 8 heteroatoms. The molecule has 0 spiro atoms. The van der Waals surface area contributed by atoms with Crippen molar-refractivity contribution in [2.75, 3.05) is 26.7 Å². The van der Waals surface area contributed by atoms with Gasteiger partial charge in [-0.25, -0.2) is 0 Å². The van der Waals surface area contributed by atoms with Gasteiger partial charge in [0.15, 0.2) is 0 Å². The number of amides is 1. The number of rotatable bonds is 5. The molecule has 1 amide bonds. The fourth-order valence-corrected chi connectivity index (χ4v) is 2.59. The molecule has 0 bridgehead atoms. The molecule has 0 radical (unpaired) electrons. The monoisotopic (exact) mass is 364 g/mol. The van der Waals surface area contributed by atoms with Crippen LogP contribution in [0.5, 0.6) is 5.75 Å². The maximum Gasteiger partial charge on any atom is 0.573 e. The molecule has 1 heterocycles. The lowest BCUT2D eigenvalue weighted by Crippen LogP contribution is -2.28. The van der Waals surface area contributed by atoms with Crippen LogP contribution in [0, 0.1) is 5.92 Å². The molecule has 2 rings (SSSR count). The third kappa shape index (κ3) is 6.05. The molecule has 1 saturated heterocycles. The van der Waals surface area contributed by atoms with Gasteiger partial charge in [-0.1, -0.05) is 18.2 Å². The van der Waals surface area contributed by atoms with E-state index in [0.29, 0.717) is 19.0 Å². The largest absolute Gasteiger partial charge is 0.573 e. The zero-order valence-electron chi connectivity index (χ0n) is 13.2. The summed E-state index contributed by atoms with van der Waals surface area (Å²) in [7, 11) is 1.86. The molecule has 1 fully saturated rings. The Balaban J connectivity index is 0.00000288. The molecule has 0 aromatic heterocycles. The second-order valence-corrected chi connectivity index (χ2v) is 5.42. The third-order valence-corrected chi connectivity index (χ3v) is 3.64. The molecule has 1 aromatic carbocycles. The SMILES string of the molecule is CNCC1CCN(C(=O)C=Cc2ccccc2OC(F)(F)F)C1.Cl. The minimum absolute atomic E-state index is 0. The Labute approximate surface area is 145 Å². The van der Waals surface area contributed by atoms with Gasteiger partial charge < -0.3 is 15.0 Å². The van der Waals surface area contributed by atoms with E-state index in [4.69, 9.17) is 0 Å². The average molecular weight is 365 g/mol. The number of benzene rings is 1. The molecular formula is C16H20ClF3N2O2. The lowest BCUT2D eigenvalue weighted by atomic mass is 10.1. The normalized spacial score (nSPS) is 17.8. The predicted octanol–water partition coefficient (Wildman–Crippen LogP) is 3.09. The molecule has 1 unspecified atom stereocenters. The van der Waals surface area contributed by atoms with Crippen molar-refractivity contribution in [1.29, 1.82) is 0 Å². The van der Waals surface area contributed by atoms with Crippen LogP contribution in [0.2, 0.25) is 0 Å². The van der Waals surface area contributed by atoms with Crippen molar-refractivity contribution in [2.45, 2.75) is 12.8 Å². The topological polar surface area (TPSA) is 41.6 Å². The minimum atomic E-state index is -4.76. The summed E-state index contributed by atoms with van der Waals surface area (Å²) >= 11 is 0. The summed E-state index contributed by atoms with van der Waals surface area (Å²) in [5.41, 5.74) is 0.212. The van der Waals surface area contributed by atoms with E-state index in [1.54, 1.807) is 11.0 Å². The Morgan fingerprint density at radius 1 is 1.42 bits per heavy atom. The molecule has 1 aliphatic heterocycles. The predicted molar refractivity (Wildman–Crippen MR) is 88.0 cm³/mol. The van der Waals surface area contributed by atoms with Crippen molar-refractivity contribution < 1.29 is 22.7 Å². The molecule has 1 atom stereocenters. The van der Waals surface area contributed by atoms with E-state index < -0.39 is 6.36 Å². The van der Waals surface area contributed by atoms with Crippen LogP contribution in [-0.4, -0.2) is 43.9 Å². The fraction of sp³-hybridized carbons (Fsp3) is 0.438. The Hall–Kier alpha value is -1.73. The lowest BCUT2D eigenvalue weighted by Gasteiger charge is -2.14. The fourth-order valence-electron chi connectivity index (χ4n) is 2.59. The first-order valence-corrected chi connectivity index (χ1v) is 7.35. The first kappa shape index (κ1) is 20.3. The van der Waals surface area contributed by atoms with Crippen LogP contribution in [-0.2, 0) is 4.79 Å². The van der Waals surface area contributed by atoms with Gasteiger partial charge >= 0.3 is 6.36 Å². The third-order valence-electron chi connectivity index (χ3n) is 3.64. The molecule has 1 aliphatic rings. The molecule has 0 saturated carbocycles. The quantitative estimate of drug-likeness (QED) is 0.816. The van der Waals surface area contributed by atoms with E-state index in [9.17, 15) is 18.0 Å². The van der Waals surface area contributed by atoms with Crippen LogP contribution in [0.25, 0.3) is 6.08 Å². The van der Waals surface area contributed by atoms with E-state index in [0.717, 1.165) is 13.0 Å². The highest BCUT2D eigenvalue weighted by atomic mass is 35.5. The number of carbonyl (C=O) groups excluding carboxylic acids is 1. The standard InChI is InChI=1S/C16H19F3N2O2.ClH/c1-20-10-12-8-9-21(11-12)15(22)7-6-13-4-2-3-5-14(13)23-16(17,18)19;/h2-7,12,20H,8-11H2,1H3;1H. The van der Waals surface area contributed by atoms with Gasteiger partial charge in [0.2, 0.25) is 5.91 Å². The smallest absolute Gasteiger partial charge is 0.405 e. The zero-order chi connectivity index (χ0) is 16.9. The summed E-state index contributed by atoms with van der Waals surface area (Å²) in [4.78, 5) is 13.8. The summed E-state index contributed by atoms with van der Waals surface area (Å²) in [6.45, 7) is 2.16. The summed E-state index contributed by atoms with van der Waals surface area (Å²) in [6, 6.07) is 5.73. The van der Waals surface area contributed by atoms with Gasteiger partial charge in [-0.05, 0) is 38.1 Å². The van der Waals surface area contributed by atoms with Crippen LogP contribution >= 0.6 is 12.4 Å². The molecule has 1 N–H and O–H groups in total. The highest BCUT2D eigenvalue weighted by Gasteiger charge is 2.31. The molecule has 4 nitrogen and oxygen atoms in total. The van der Waals surface area contributed by atoms with Gasteiger partial charge in [-0.3, -0.25) is 4.79 Å². The Kier molecular flexibility index (Phi) is 7.57. The maximum absolute atomic E-state index is 12.4. The van der Waals surface area contributed by atoms with E-state index in [1.165, 1.54) is 30.4 Å². The molecule has 1 aromatic rings. The number of halogens is 4. The average Bonchev–Trinajstić information content (AvgIpc) is 2.93. The van der Waals surface area contributed by atoms with E-state index in [1.807, 2.05) is 7.05 Å². The Morgan fingerprint density at radius 2 is 2.12 bits per heavy atom. The van der Waals surface area contributed by atoms with Crippen molar-refractivity contribution in [3.05, 3.63) is 35.9 Å². The van der Waals surface area contributed by atoms with E-state index >= 15 is 0 Å². The van der Waals surface area contributed by atoms with Crippen LogP contribution in [0.1, 0.15) is 12.0 Å². The molecule has 134 valence electrons. The van der Waals surface area contributed by atoms with Crippen LogP contribution in [0.4, 0.5) is 13.2 Å². The van der Waals surface area contributed by atoms with Gasteiger partial charge in [0.05, 0.1) is 0 Å². The summed E-state index contributed by atoms with van der Waals surface area (Å²) < 4.78 is 41.0. The van der Waals surface area contributed by atoms with Crippen molar-refractivity contribution in [1.82, 2.24) is 10.2 Å². The van der Waals surface area contributed by atoms with Crippen LogP contribution < -0.4 is 10.1 Å². The highest BCUT2D eigenvalue weighted by molar-refractivity contribution is 5.92. The van der Waals surface area contributed by atoms with Crippen molar-refractivity contribution in [2.24, 2.45) is 5.92 Å². The van der Waals surface area contributed by atoms with Gasteiger partial charge in [0.25, 0.3) is 0 Å². The van der Waals surface area contributed by atoms with E-state index in [-0.39, 0.29) is 29.6 Å². The van der Waals surface area contributed by atoms with Crippen LogP contribution in [0.15, 0.2) is 30.3 Å². The second-order valence-electron chi connectivity index (χ2n) is 5.42. The number of alkyl halides is 3. The van der Waals surface area contributed by atoms with Crippen molar-refractivity contribution >= 4 is 24.4 Å². The minimum Gasteiger partial charge on any atom is -0.405 e. The number of likely N-dealkylation sites (tertiary alicyclic amines) is 1. The highest BCUT2D eigenvalue weighted by Crippen LogP contribution is 2.27. The molecule has 24 heavy (non-hydrogen) atoms. The van der Waals surface area contributed by atoms with Gasteiger partial charge in [-0.2, -0.15) is 0 Å². The summed E-state index contributed by atoms with van der Waals surface area (Å²) in [6.07, 6.45) is -1.19. The number of nitrogens with one attached hydrogen (secondary N) is 1. The number of para-hydroxylation sites is 1. The Bertz CT molecular complexity index is 579.